The molecule has 6 heteroatoms. The van der Waals surface area contributed by atoms with Crippen LogP contribution in [0.4, 0.5) is 0 Å². The molecule has 0 aromatic carbocycles. The Balaban J connectivity index is 4.27. The number of hydrogen-bond donors (Lipinski definition) is 0. The van der Waals surface area contributed by atoms with Crippen LogP contribution in [0.5, 0.6) is 0 Å². The van der Waals surface area contributed by atoms with E-state index in [9.17, 15) is 14.4 Å². The van der Waals surface area contributed by atoms with Crippen molar-refractivity contribution in [2.75, 3.05) is 13.2 Å². The number of esters is 3. The minimum Gasteiger partial charge on any atom is -0.462 e. The Bertz CT molecular complexity index is 916. The average Bonchev–Trinajstić information content (AvgIpc) is 3.22. The van der Waals surface area contributed by atoms with Crippen molar-refractivity contribution in [1.82, 2.24) is 0 Å². The lowest BCUT2D eigenvalue weighted by Gasteiger charge is -2.18. The summed E-state index contributed by atoms with van der Waals surface area (Å²) in [6.45, 7) is 11.3. The van der Waals surface area contributed by atoms with Crippen LogP contribution in [0.15, 0.2) is 0 Å². The highest BCUT2D eigenvalue weighted by Gasteiger charge is 2.19. The second kappa shape index (κ2) is 46.9. The number of carbonyl (C=O) groups excluding carboxylic acids is 3. The zero-order chi connectivity index (χ0) is 44.0. The van der Waals surface area contributed by atoms with Gasteiger partial charge in [-0.2, -0.15) is 0 Å². The van der Waals surface area contributed by atoms with E-state index in [0.717, 1.165) is 69.6 Å². The molecular weight excluding hydrogens is 745 g/mol. The predicted octanol–water partition coefficient (Wildman–Crippen LogP) is 17.3. The minimum absolute atomic E-state index is 0.0639. The zero-order valence-corrected chi connectivity index (χ0v) is 41.1. The van der Waals surface area contributed by atoms with E-state index >= 15 is 0 Å². The first-order valence-electron chi connectivity index (χ1n) is 26.7. The maximum Gasteiger partial charge on any atom is 0.306 e. The predicted molar refractivity (Wildman–Crippen MR) is 256 cm³/mol. The molecule has 0 aromatic heterocycles. The van der Waals surface area contributed by atoms with Crippen LogP contribution in [-0.2, 0) is 28.6 Å². The summed E-state index contributed by atoms with van der Waals surface area (Å²) in [4.78, 5) is 38.0. The van der Waals surface area contributed by atoms with Crippen LogP contribution in [0.1, 0.15) is 298 Å². The lowest BCUT2D eigenvalue weighted by molar-refractivity contribution is -0.167. The topological polar surface area (TPSA) is 78.9 Å². The number of unbranched alkanes of at least 4 members (excludes halogenated alkanes) is 33. The van der Waals surface area contributed by atoms with Gasteiger partial charge in [-0.15, -0.1) is 0 Å². The van der Waals surface area contributed by atoms with Gasteiger partial charge >= 0.3 is 17.9 Å². The zero-order valence-electron chi connectivity index (χ0n) is 41.1. The number of ether oxygens (including phenoxy) is 3. The van der Waals surface area contributed by atoms with Crippen LogP contribution < -0.4 is 0 Å². The highest BCUT2D eigenvalue weighted by molar-refractivity contribution is 5.71. The molecule has 0 saturated heterocycles. The third-order valence-corrected chi connectivity index (χ3v) is 12.2. The first-order chi connectivity index (χ1) is 29.2. The van der Waals surface area contributed by atoms with E-state index in [0.29, 0.717) is 19.3 Å². The molecule has 6 nitrogen and oxygen atoms in total. The van der Waals surface area contributed by atoms with Gasteiger partial charge in [-0.3, -0.25) is 14.4 Å². The summed E-state index contributed by atoms with van der Waals surface area (Å²) in [6.07, 6.45) is 48.1. The van der Waals surface area contributed by atoms with Gasteiger partial charge < -0.3 is 14.2 Å². The van der Waals surface area contributed by atoms with Crippen molar-refractivity contribution in [2.24, 2.45) is 11.8 Å². The highest BCUT2D eigenvalue weighted by Crippen LogP contribution is 2.17. The molecule has 0 heterocycles. The number of carbonyl (C=O) groups is 3. The Kier molecular flexibility index (Phi) is 45.7. The van der Waals surface area contributed by atoms with Crippen molar-refractivity contribution < 1.29 is 28.6 Å². The van der Waals surface area contributed by atoms with Gasteiger partial charge in [0.15, 0.2) is 6.10 Å². The monoisotopic (exact) mass is 849 g/mol. The first-order valence-corrected chi connectivity index (χ1v) is 26.7. The summed E-state index contributed by atoms with van der Waals surface area (Å²) in [6, 6.07) is 0. The van der Waals surface area contributed by atoms with Crippen LogP contribution in [-0.4, -0.2) is 37.2 Å². The van der Waals surface area contributed by atoms with Crippen LogP contribution >= 0.6 is 0 Å². The molecule has 356 valence electrons. The maximum absolute atomic E-state index is 12.8. The molecule has 0 spiro atoms. The molecule has 0 bridgehead atoms. The molecule has 0 unspecified atom stereocenters. The molecule has 0 radical (unpaired) electrons. The lowest BCUT2D eigenvalue weighted by Crippen LogP contribution is -2.30. The van der Waals surface area contributed by atoms with E-state index in [1.54, 1.807) is 0 Å². The van der Waals surface area contributed by atoms with Crippen molar-refractivity contribution in [2.45, 2.75) is 304 Å². The van der Waals surface area contributed by atoms with Gasteiger partial charge in [-0.1, -0.05) is 259 Å². The Morgan fingerprint density at radius 1 is 0.317 bits per heavy atom. The fraction of sp³-hybridized carbons (Fsp3) is 0.944. The summed E-state index contributed by atoms with van der Waals surface area (Å²) >= 11 is 0. The summed E-state index contributed by atoms with van der Waals surface area (Å²) in [5.74, 6) is 0.772. The molecular formula is C54H104O6. The Labute approximate surface area is 374 Å². The van der Waals surface area contributed by atoms with Crippen molar-refractivity contribution in [1.29, 1.82) is 0 Å². The molecule has 0 saturated carbocycles. The van der Waals surface area contributed by atoms with Gasteiger partial charge in [0.25, 0.3) is 0 Å². The number of hydrogen-bond acceptors (Lipinski definition) is 6. The molecule has 0 N–H and O–H groups in total. The van der Waals surface area contributed by atoms with E-state index in [1.807, 2.05) is 0 Å². The molecule has 1 atom stereocenters. The van der Waals surface area contributed by atoms with Gasteiger partial charge in [0, 0.05) is 19.3 Å². The van der Waals surface area contributed by atoms with Gasteiger partial charge in [-0.05, 0) is 31.1 Å². The molecule has 0 aliphatic carbocycles. The maximum atomic E-state index is 12.8. The van der Waals surface area contributed by atoms with Crippen molar-refractivity contribution >= 4 is 17.9 Å². The van der Waals surface area contributed by atoms with Gasteiger partial charge in [-0.25, -0.2) is 0 Å². The molecule has 0 amide bonds. The SMILES string of the molecule is CCCCCCCCCCCCCCCCCCCC(=O)OC[C@H](COC(=O)CCCCCCCCCCCCCC(C)C)OC(=O)CCCCCCCCCCC(C)C. The van der Waals surface area contributed by atoms with Gasteiger partial charge in [0.05, 0.1) is 0 Å². The standard InChI is InChI=1S/C54H104O6/c1-6-7-8-9-10-11-12-13-14-15-16-17-20-23-29-34-39-44-52(55)58-47-51(60-54(57)46-41-36-31-26-25-28-33-38-43-50(4)5)48-59-53(56)45-40-35-30-24-21-18-19-22-27-32-37-42-49(2)3/h49-51H,6-48H2,1-5H3/t51-/m1/s1. The van der Waals surface area contributed by atoms with E-state index in [4.69, 9.17) is 14.2 Å². The molecule has 0 aliphatic rings. The highest BCUT2D eigenvalue weighted by atomic mass is 16.6. The fourth-order valence-corrected chi connectivity index (χ4v) is 8.17. The largest absolute Gasteiger partial charge is 0.462 e. The Hall–Kier alpha value is -1.59. The van der Waals surface area contributed by atoms with Crippen molar-refractivity contribution in [3.63, 3.8) is 0 Å². The van der Waals surface area contributed by atoms with E-state index in [1.165, 1.54) is 186 Å². The van der Waals surface area contributed by atoms with Crippen molar-refractivity contribution in [3.05, 3.63) is 0 Å². The van der Waals surface area contributed by atoms with E-state index < -0.39 is 6.10 Å². The normalized spacial score (nSPS) is 12.1. The van der Waals surface area contributed by atoms with Gasteiger partial charge in [0.2, 0.25) is 0 Å². The Morgan fingerprint density at radius 2 is 0.550 bits per heavy atom. The smallest absolute Gasteiger partial charge is 0.306 e. The first kappa shape index (κ1) is 58.4. The summed E-state index contributed by atoms with van der Waals surface area (Å²) in [7, 11) is 0. The van der Waals surface area contributed by atoms with Gasteiger partial charge in [0.1, 0.15) is 13.2 Å². The third kappa shape index (κ3) is 47.5. The minimum atomic E-state index is -0.762. The van der Waals surface area contributed by atoms with Crippen molar-refractivity contribution in [3.8, 4) is 0 Å². The van der Waals surface area contributed by atoms with Crippen LogP contribution in [0.25, 0.3) is 0 Å². The molecule has 0 rings (SSSR count). The summed E-state index contributed by atoms with van der Waals surface area (Å²) in [5, 5.41) is 0. The molecule has 0 aliphatic heterocycles. The van der Waals surface area contributed by atoms with E-state index in [2.05, 4.69) is 34.6 Å². The Morgan fingerprint density at radius 3 is 0.817 bits per heavy atom. The molecule has 0 fully saturated rings. The van der Waals surface area contributed by atoms with Crippen LogP contribution in [0.2, 0.25) is 0 Å². The fourth-order valence-electron chi connectivity index (χ4n) is 8.17. The summed E-state index contributed by atoms with van der Waals surface area (Å²) < 4.78 is 16.8. The second-order valence-corrected chi connectivity index (χ2v) is 19.5. The molecule has 0 aromatic rings. The quantitative estimate of drug-likeness (QED) is 0.0345. The average molecular weight is 849 g/mol. The third-order valence-electron chi connectivity index (χ3n) is 12.2. The lowest BCUT2D eigenvalue weighted by atomic mass is 10.0. The van der Waals surface area contributed by atoms with Crippen LogP contribution in [0, 0.1) is 11.8 Å². The molecule has 60 heavy (non-hydrogen) atoms. The second-order valence-electron chi connectivity index (χ2n) is 19.5. The summed E-state index contributed by atoms with van der Waals surface area (Å²) in [5.41, 5.74) is 0. The van der Waals surface area contributed by atoms with E-state index in [-0.39, 0.29) is 31.1 Å². The van der Waals surface area contributed by atoms with Crippen LogP contribution in [0.3, 0.4) is 0 Å². The number of rotatable bonds is 48.